The highest BCUT2D eigenvalue weighted by molar-refractivity contribution is 5.87. The maximum absolute atomic E-state index is 12.3. The van der Waals surface area contributed by atoms with Crippen molar-refractivity contribution in [2.75, 3.05) is 6.54 Å². The molecule has 134 valence electrons. The number of benzene rings is 2. The van der Waals surface area contributed by atoms with Gasteiger partial charge in [-0.3, -0.25) is 19.7 Å². The highest BCUT2D eigenvalue weighted by Gasteiger charge is 2.38. The van der Waals surface area contributed by atoms with Crippen molar-refractivity contribution < 1.29 is 19.2 Å². The van der Waals surface area contributed by atoms with E-state index in [4.69, 9.17) is 4.74 Å². The number of nitro groups is 1. The Labute approximate surface area is 150 Å². The van der Waals surface area contributed by atoms with Crippen molar-refractivity contribution in [3.63, 3.8) is 0 Å². The van der Waals surface area contributed by atoms with Crippen molar-refractivity contribution in [3.05, 3.63) is 70.3 Å². The Morgan fingerprint density at radius 3 is 2.46 bits per heavy atom. The molecule has 1 aliphatic heterocycles. The van der Waals surface area contributed by atoms with Crippen LogP contribution in [0.15, 0.2) is 54.6 Å². The second-order valence-corrected chi connectivity index (χ2v) is 6.21. The predicted molar refractivity (Wildman–Crippen MR) is 93.4 cm³/mol. The molecule has 2 aromatic carbocycles. The SMILES string of the molecule is C[C@@H](c1ccccc1)N1C[C@H](C(=O)Oc2ccc([N+](=O)[O-])cc2)CC1=O. The van der Waals surface area contributed by atoms with Crippen molar-refractivity contribution >= 4 is 17.6 Å². The monoisotopic (exact) mass is 354 g/mol. The Hall–Kier alpha value is -3.22. The van der Waals surface area contributed by atoms with Crippen LogP contribution in [0.1, 0.15) is 24.9 Å². The zero-order chi connectivity index (χ0) is 18.7. The van der Waals surface area contributed by atoms with Crippen LogP contribution in [0.4, 0.5) is 5.69 Å². The molecule has 26 heavy (non-hydrogen) atoms. The maximum Gasteiger partial charge on any atom is 0.316 e. The van der Waals surface area contributed by atoms with E-state index in [-0.39, 0.29) is 29.8 Å². The number of ether oxygens (including phenoxy) is 1. The minimum absolute atomic E-state index is 0.0799. The molecule has 2 atom stereocenters. The van der Waals surface area contributed by atoms with Gasteiger partial charge >= 0.3 is 5.97 Å². The van der Waals surface area contributed by atoms with Crippen molar-refractivity contribution in [2.24, 2.45) is 5.92 Å². The Kier molecular flexibility index (Phi) is 4.97. The summed E-state index contributed by atoms with van der Waals surface area (Å²) >= 11 is 0. The zero-order valence-corrected chi connectivity index (χ0v) is 14.2. The number of hydrogen-bond acceptors (Lipinski definition) is 5. The fourth-order valence-corrected chi connectivity index (χ4v) is 3.01. The minimum Gasteiger partial charge on any atom is -0.426 e. The van der Waals surface area contributed by atoms with Crippen LogP contribution in [0.25, 0.3) is 0 Å². The number of carbonyl (C=O) groups excluding carboxylic acids is 2. The summed E-state index contributed by atoms with van der Waals surface area (Å²) in [5, 5.41) is 10.7. The van der Waals surface area contributed by atoms with Gasteiger partial charge in [-0.15, -0.1) is 0 Å². The average Bonchev–Trinajstić information content (AvgIpc) is 3.04. The molecule has 1 saturated heterocycles. The molecule has 0 unspecified atom stereocenters. The van der Waals surface area contributed by atoms with Crippen LogP contribution in [-0.4, -0.2) is 28.2 Å². The molecule has 1 aliphatic rings. The first-order valence-corrected chi connectivity index (χ1v) is 8.26. The third-order valence-electron chi connectivity index (χ3n) is 4.51. The molecular formula is C19H18N2O5. The summed E-state index contributed by atoms with van der Waals surface area (Å²) in [7, 11) is 0. The van der Waals surface area contributed by atoms with Crippen molar-refractivity contribution in [1.29, 1.82) is 0 Å². The topological polar surface area (TPSA) is 89.8 Å². The predicted octanol–water partition coefficient (Wildman–Crippen LogP) is 3.11. The van der Waals surface area contributed by atoms with Crippen LogP contribution in [0.3, 0.4) is 0 Å². The largest absolute Gasteiger partial charge is 0.426 e. The van der Waals surface area contributed by atoms with Gasteiger partial charge in [0.2, 0.25) is 5.91 Å². The first kappa shape index (κ1) is 17.6. The van der Waals surface area contributed by atoms with Gasteiger partial charge in [-0.25, -0.2) is 0 Å². The quantitative estimate of drug-likeness (QED) is 0.356. The standard InChI is InChI=1S/C19H18N2O5/c1-13(14-5-3-2-4-6-14)20-12-15(11-18(20)22)19(23)26-17-9-7-16(8-10-17)21(24)25/h2-10,13,15H,11-12H2,1H3/t13-,15+/m0/s1. The molecule has 0 radical (unpaired) electrons. The maximum atomic E-state index is 12.3. The van der Waals surface area contributed by atoms with Gasteiger partial charge in [0, 0.05) is 25.1 Å². The van der Waals surface area contributed by atoms with Crippen molar-refractivity contribution in [3.8, 4) is 5.75 Å². The number of hydrogen-bond donors (Lipinski definition) is 0. The van der Waals surface area contributed by atoms with E-state index in [1.54, 1.807) is 4.90 Å². The number of rotatable bonds is 5. The molecule has 1 amide bonds. The number of non-ortho nitro benzene ring substituents is 1. The van der Waals surface area contributed by atoms with Crippen LogP contribution < -0.4 is 4.74 Å². The molecule has 7 nitrogen and oxygen atoms in total. The van der Waals surface area contributed by atoms with Gasteiger partial charge in [-0.1, -0.05) is 30.3 Å². The summed E-state index contributed by atoms with van der Waals surface area (Å²) in [4.78, 5) is 36.5. The van der Waals surface area contributed by atoms with Gasteiger partial charge in [0.25, 0.3) is 5.69 Å². The third kappa shape index (κ3) is 3.72. The van der Waals surface area contributed by atoms with Gasteiger partial charge in [0.1, 0.15) is 5.75 Å². The third-order valence-corrected chi connectivity index (χ3v) is 4.51. The number of carbonyl (C=O) groups is 2. The molecule has 0 aromatic heterocycles. The molecule has 0 N–H and O–H groups in total. The normalized spacial score (nSPS) is 17.8. The zero-order valence-electron chi connectivity index (χ0n) is 14.2. The Balaban J connectivity index is 1.64. The van der Waals surface area contributed by atoms with Crippen LogP contribution in [0, 0.1) is 16.0 Å². The van der Waals surface area contributed by atoms with E-state index in [1.165, 1.54) is 24.3 Å². The Bertz CT molecular complexity index is 820. The fourth-order valence-electron chi connectivity index (χ4n) is 3.01. The van der Waals surface area contributed by atoms with E-state index in [1.807, 2.05) is 37.3 Å². The van der Waals surface area contributed by atoms with Crippen LogP contribution in [0.5, 0.6) is 5.75 Å². The summed E-state index contributed by atoms with van der Waals surface area (Å²) in [5.41, 5.74) is 0.925. The van der Waals surface area contributed by atoms with Crippen LogP contribution in [0.2, 0.25) is 0 Å². The van der Waals surface area contributed by atoms with E-state index >= 15 is 0 Å². The summed E-state index contributed by atoms with van der Waals surface area (Å²) in [5.74, 6) is -0.923. The molecule has 2 aromatic rings. The first-order valence-electron chi connectivity index (χ1n) is 8.26. The number of amides is 1. The highest BCUT2D eigenvalue weighted by Crippen LogP contribution is 2.29. The van der Waals surface area contributed by atoms with Gasteiger partial charge < -0.3 is 9.64 Å². The first-order chi connectivity index (χ1) is 12.5. The minimum atomic E-state index is -0.552. The van der Waals surface area contributed by atoms with E-state index < -0.39 is 16.8 Å². The molecule has 0 aliphatic carbocycles. The smallest absolute Gasteiger partial charge is 0.316 e. The second kappa shape index (κ2) is 7.35. The van der Waals surface area contributed by atoms with Gasteiger partial charge in [0.05, 0.1) is 16.9 Å². The summed E-state index contributed by atoms with van der Waals surface area (Å²) in [6.07, 6.45) is 0.100. The lowest BCUT2D eigenvalue weighted by molar-refractivity contribution is -0.384. The summed E-state index contributed by atoms with van der Waals surface area (Å²) < 4.78 is 5.27. The van der Waals surface area contributed by atoms with E-state index in [2.05, 4.69) is 0 Å². The second-order valence-electron chi connectivity index (χ2n) is 6.21. The number of likely N-dealkylation sites (tertiary alicyclic amines) is 1. The number of nitrogens with zero attached hydrogens (tertiary/aromatic N) is 2. The Morgan fingerprint density at radius 1 is 1.19 bits per heavy atom. The molecule has 0 bridgehead atoms. The molecule has 1 heterocycles. The molecule has 0 spiro atoms. The summed E-state index contributed by atoms with van der Waals surface area (Å²) in [6, 6.07) is 14.8. The van der Waals surface area contributed by atoms with Crippen LogP contribution in [-0.2, 0) is 9.59 Å². The molecule has 3 rings (SSSR count). The number of nitro benzene ring substituents is 1. The Morgan fingerprint density at radius 2 is 1.85 bits per heavy atom. The van der Waals surface area contributed by atoms with Gasteiger partial charge in [-0.2, -0.15) is 0 Å². The van der Waals surface area contributed by atoms with Crippen LogP contribution >= 0.6 is 0 Å². The molecular weight excluding hydrogens is 336 g/mol. The van der Waals surface area contributed by atoms with E-state index in [0.717, 1.165) is 5.56 Å². The fraction of sp³-hybridized carbons (Fsp3) is 0.263. The lowest BCUT2D eigenvalue weighted by Crippen LogP contribution is -2.30. The molecule has 7 heteroatoms. The number of esters is 1. The van der Waals surface area contributed by atoms with Crippen molar-refractivity contribution in [2.45, 2.75) is 19.4 Å². The highest BCUT2D eigenvalue weighted by atomic mass is 16.6. The summed E-state index contributed by atoms with van der Waals surface area (Å²) in [6.45, 7) is 2.22. The van der Waals surface area contributed by atoms with Gasteiger partial charge in [0.15, 0.2) is 0 Å². The molecule has 0 saturated carbocycles. The van der Waals surface area contributed by atoms with E-state index in [9.17, 15) is 19.7 Å². The lowest BCUT2D eigenvalue weighted by atomic mass is 10.1. The average molecular weight is 354 g/mol. The molecule has 1 fully saturated rings. The van der Waals surface area contributed by atoms with E-state index in [0.29, 0.717) is 6.54 Å². The lowest BCUT2D eigenvalue weighted by Gasteiger charge is -2.25. The van der Waals surface area contributed by atoms with Gasteiger partial charge in [-0.05, 0) is 24.6 Å². The van der Waals surface area contributed by atoms with Crippen molar-refractivity contribution in [1.82, 2.24) is 4.90 Å².